The highest BCUT2D eigenvalue weighted by Crippen LogP contribution is 2.21. The second kappa shape index (κ2) is 5.79. The Hall–Kier alpha value is -1.99. The summed E-state index contributed by atoms with van der Waals surface area (Å²) < 4.78 is 40.5. The number of nitrogens with two attached hydrogens (primary N) is 1. The highest BCUT2D eigenvalue weighted by molar-refractivity contribution is 7.89. The molecule has 5 nitrogen and oxygen atoms in total. The second-order valence-corrected chi connectivity index (χ2v) is 6.47. The molecule has 0 radical (unpaired) electrons. The molecule has 2 aromatic rings. The Morgan fingerprint density at radius 1 is 1.29 bits per heavy atom. The van der Waals surface area contributed by atoms with Crippen molar-refractivity contribution < 1.29 is 12.8 Å². The van der Waals surface area contributed by atoms with E-state index >= 15 is 0 Å². The lowest BCUT2D eigenvalue weighted by Gasteiger charge is -2.10. The van der Waals surface area contributed by atoms with E-state index in [-0.39, 0.29) is 12.2 Å². The van der Waals surface area contributed by atoms with Crippen molar-refractivity contribution in [3.05, 3.63) is 53.1 Å². The van der Waals surface area contributed by atoms with Crippen LogP contribution in [-0.2, 0) is 16.6 Å². The van der Waals surface area contributed by atoms with E-state index in [1.165, 1.54) is 0 Å². The molecule has 1 aromatic heterocycles. The molecule has 0 fully saturated rings. The van der Waals surface area contributed by atoms with Crippen LogP contribution in [0.15, 0.2) is 35.4 Å². The van der Waals surface area contributed by atoms with E-state index < -0.39 is 20.7 Å². The van der Waals surface area contributed by atoms with Crippen LogP contribution in [0, 0.1) is 19.7 Å². The van der Waals surface area contributed by atoms with E-state index in [4.69, 9.17) is 5.73 Å². The van der Waals surface area contributed by atoms with Gasteiger partial charge < -0.3 is 5.73 Å². The van der Waals surface area contributed by atoms with E-state index in [9.17, 15) is 12.8 Å². The average Bonchev–Trinajstić information content (AvgIpc) is 2.42. The molecule has 0 saturated carbocycles. The first-order chi connectivity index (χ1) is 9.81. The first-order valence-electron chi connectivity index (χ1n) is 6.27. The fourth-order valence-electron chi connectivity index (χ4n) is 1.82. The number of nitrogen functional groups attached to an aromatic ring is 1. The van der Waals surface area contributed by atoms with Gasteiger partial charge in [0.05, 0.1) is 12.2 Å². The number of aromatic nitrogens is 1. The Bertz CT molecular complexity index is 776. The maximum absolute atomic E-state index is 13.8. The molecular weight excluding hydrogens is 293 g/mol. The minimum atomic E-state index is -3.99. The van der Waals surface area contributed by atoms with Gasteiger partial charge in [0.15, 0.2) is 0 Å². The lowest BCUT2D eigenvalue weighted by Crippen LogP contribution is -2.25. The molecule has 1 aromatic carbocycles. The van der Waals surface area contributed by atoms with Gasteiger partial charge in [0.25, 0.3) is 0 Å². The summed E-state index contributed by atoms with van der Waals surface area (Å²) in [5.41, 5.74) is 7.80. The molecule has 0 bridgehead atoms. The van der Waals surface area contributed by atoms with Gasteiger partial charge in [-0.15, -0.1) is 0 Å². The zero-order valence-electron chi connectivity index (χ0n) is 11.7. The normalized spacial score (nSPS) is 11.6. The largest absolute Gasteiger partial charge is 0.398 e. The molecule has 0 amide bonds. The predicted molar refractivity (Wildman–Crippen MR) is 78.5 cm³/mol. The van der Waals surface area contributed by atoms with Crippen LogP contribution in [0.5, 0.6) is 0 Å². The summed E-state index contributed by atoms with van der Waals surface area (Å²) in [5.74, 6) is -0.827. The Balaban J connectivity index is 2.27. The van der Waals surface area contributed by atoms with Crippen LogP contribution >= 0.6 is 0 Å². The van der Waals surface area contributed by atoms with Gasteiger partial charge in [-0.2, -0.15) is 0 Å². The highest BCUT2D eigenvalue weighted by atomic mass is 32.2. The monoisotopic (exact) mass is 309 g/mol. The molecule has 0 aliphatic carbocycles. The van der Waals surface area contributed by atoms with Gasteiger partial charge in [-0.25, -0.2) is 17.5 Å². The summed E-state index contributed by atoms with van der Waals surface area (Å²) in [7, 11) is -3.99. The number of rotatable bonds is 4. The lowest BCUT2D eigenvalue weighted by molar-refractivity contribution is 0.556. The van der Waals surface area contributed by atoms with Gasteiger partial charge >= 0.3 is 0 Å². The smallest absolute Gasteiger partial charge is 0.243 e. The van der Waals surface area contributed by atoms with Gasteiger partial charge in [-0.1, -0.05) is 6.07 Å². The number of sulfonamides is 1. The zero-order valence-corrected chi connectivity index (χ0v) is 12.5. The molecule has 0 aliphatic rings. The summed E-state index contributed by atoms with van der Waals surface area (Å²) in [6, 6.07) is 5.81. The number of nitrogens with zero attached hydrogens (tertiary/aromatic N) is 1. The van der Waals surface area contributed by atoms with Gasteiger partial charge in [0.2, 0.25) is 10.0 Å². The Morgan fingerprint density at radius 2 is 2.00 bits per heavy atom. The maximum Gasteiger partial charge on any atom is 0.243 e. The van der Waals surface area contributed by atoms with E-state index in [2.05, 4.69) is 9.71 Å². The van der Waals surface area contributed by atoms with Crippen LogP contribution < -0.4 is 10.5 Å². The third-order valence-electron chi connectivity index (χ3n) is 3.16. The first kappa shape index (κ1) is 15.4. The minimum Gasteiger partial charge on any atom is -0.398 e. The molecule has 1 heterocycles. The molecule has 0 spiro atoms. The Labute approximate surface area is 123 Å². The molecule has 0 saturated heterocycles. The third-order valence-corrected chi connectivity index (χ3v) is 4.57. The van der Waals surface area contributed by atoms with Crippen molar-refractivity contribution >= 4 is 15.7 Å². The van der Waals surface area contributed by atoms with Crippen LogP contribution in [0.3, 0.4) is 0 Å². The molecule has 0 unspecified atom stereocenters. The number of nitrogens with one attached hydrogen (secondary N) is 1. The van der Waals surface area contributed by atoms with Crippen LogP contribution in [0.2, 0.25) is 0 Å². The number of hydrogen-bond acceptors (Lipinski definition) is 4. The van der Waals surface area contributed by atoms with Gasteiger partial charge in [0, 0.05) is 11.9 Å². The third kappa shape index (κ3) is 3.37. The minimum absolute atomic E-state index is 0.0117. The van der Waals surface area contributed by atoms with E-state index in [0.29, 0.717) is 11.3 Å². The van der Waals surface area contributed by atoms with E-state index in [1.807, 2.05) is 13.0 Å². The lowest BCUT2D eigenvalue weighted by atomic mass is 10.2. The molecular formula is C14H16FN3O2S. The van der Waals surface area contributed by atoms with Crippen molar-refractivity contribution in [2.75, 3.05) is 5.73 Å². The van der Waals surface area contributed by atoms with Crippen LogP contribution in [-0.4, -0.2) is 13.4 Å². The van der Waals surface area contributed by atoms with Crippen molar-refractivity contribution in [2.24, 2.45) is 0 Å². The fraction of sp³-hybridized carbons (Fsp3) is 0.214. The number of aryl methyl sites for hydroxylation is 2. The molecule has 2 rings (SSSR count). The molecule has 21 heavy (non-hydrogen) atoms. The first-order valence-corrected chi connectivity index (χ1v) is 7.75. The summed E-state index contributed by atoms with van der Waals surface area (Å²) in [4.78, 5) is 3.62. The van der Waals surface area contributed by atoms with Crippen LogP contribution in [0.1, 0.15) is 16.8 Å². The number of hydrogen-bond donors (Lipinski definition) is 2. The highest BCUT2D eigenvalue weighted by Gasteiger charge is 2.20. The van der Waals surface area contributed by atoms with E-state index in [0.717, 1.165) is 17.7 Å². The molecule has 7 heteroatoms. The maximum atomic E-state index is 13.8. The van der Waals surface area contributed by atoms with E-state index in [1.54, 1.807) is 19.2 Å². The zero-order chi connectivity index (χ0) is 15.6. The van der Waals surface area contributed by atoms with Crippen LogP contribution in [0.4, 0.5) is 10.1 Å². The average molecular weight is 309 g/mol. The van der Waals surface area contributed by atoms with Gasteiger partial charge in [0.1, 0.15) is 10.7 Å². The van der Waals surface area contributed by atoms with Crippen molar-refractivity contribution in [1.29, 1.82) is 0 Å². The number of benzene rings is 1. The van der Waals surface area contributed by atoms with Gasteiger partial charge in [-0.05, 0) is 43.2 Å². The quantitative estimate of drug-likeness (QED) is 0.845. The molecule has 0 atom stereocenters. The molecule has 112 valence electrons. The molecule has 3 N–H and O–H groups in total. The van der Waals surface area contributed by atoms with Crippen molar-refractivity contribution in [1.82, 2.24) is 9.71 Å². The summed E-state index contributed by atoms with van der Waals surface area (Å²) >= 11 is 0. The SMILES string of the molecule is Cc1cc(F)c(S(=O)(=O)NCc2ncccc2C)cc1N. The number of anilines is 1. The number of halogens is 1. The number of pyridine rings is 1. The standard InChI is InChI=1S/C14H16FN3O2S/c1-9-4-3-5-17-13(9)8-18-21(19,20)14-7-12(16)10(2)6-11(14)15/h3-7,18H,8,16H2,1-2H3. The fourth-order valence-corrected chi connectivity index (χ4v) is 2.90. The van der Waals surface area contributed by atoms with Crippen molar-refractivity contribution in [2.45, 2.75) is 25.3 Å². The molecule has 0 aliphatic heterocycles. The topological polar surface area (TPSA) is 85.1 Å². The second-order valence-electron chi connectivity index (χ2n) is 4.73. The van der Waals surface area contributed by atoms with Gasteiger partial charge in [-0.3, -0.25) is 4.98 Å². The van der Waals surface area contributed by atoms with Crippen molar-refractivity contribution in [3.8, 4) is 0 Å². The summed E-state index contributed by atoms with van der Waals surface area (Å²) in [5, 5.41) is 0. The summed E-state index contributed by atoms with van der Waals surface area (Å²) in [6.45, 7) is 3.42. The predicted octanol–water partition coefficient (Wildman–Crippen LogP) is 1.90. The van der Waals surface area contributed by atoms with Crippen molar-refractivity contribution in [3.63, 3.8) is 0 Å². The Kier molecular flexibility index (Phi) is 4.24. The van der Waals surface area contributed by atoms with Crippen LogP contribution in [0.25, 0.3) is 0 Å². The summed E-state index contributed by atoms with van der Waals surface area (Å²) in [6.07, 6.45) is 1.57. The Morgan fingerprint density at radius 3 is 2.67 bits per heavy atom.